The van der Waals surface area contributed by atoms with Crippen molar-refractivity contribution < 1.29 is 18.7 Å². The third-order valence-corrected chi connectivity index (χ3v) is 2.01. The Bertz CT molecular complexity index is 186. The van der Waals surface area contributed by atoms with E-state index in [0.29, 0.717) is 13.1 Å². The van der Waals surface area contributed by atoms with E-state index >= 15 is 0 Å². The fraction of sp³-hybridized carbons (Fsp3) is 0.889. The Morgan fingerprint density at radius 1 is 1.43 bits per heavy atom. The number of hydrogen-bond donors (Lipinski definition) is 1. The Balaban J connectivity index is 4.09. The summed E-state index contributed by atoms with van der Waals surface area (Å²) >= 11 is 0. The molecule has 0 saturated heterocycles. The Labute approximate surface area is 82.7 Å². The number of rotatable bonds is 7. The summed E-state index contributed by atoms with van der Waals surface area (Å²) in [5.74, 6) is -5.68. The van der Waals surface area contributed by atoms with Gasteiger partial charge in [0.2, 0.25) is 0 Å². The molecule has 0 bridgehead atoms. The van der Waals surface area contributed by atoms with Crippen molar-refractivity contribution in [3.05, 3.63) is 0 Å². The minimum absolute atomic E-state index is 0.447. The van der Waals surface area contributed by atoms with E-state index in [0.717, 1.165) is 12.8 Å². The van der Waals surface area contributed by atoms with Gasteiger partial charge >= 0.3 is 11.9 Å². The van der Waals surface area contributed by atoms with E-state index in [9.17, 15) is 13.6 Å². The molecule has 0 fully saturated rings. The molecular weight excluding hydrogens is 192 g/mol. The van der Waals surface area contributed by atoms with Gasteiger partial charge in [0.15, 0.2) is 0 Å². The maximum atomic E-state index is 12.8. The number of carboxylic acid groups (broad SMARTS) is 1. The molecule has 1 N–H and O–H groups in total. The lowest BCUT2D eigenvalue weighted by atomic mass is 10.2. The molecule has 0 aliphatic heterocycles. The second kappa shape index (κ2) is 5.90. The molecule has 14 heavy (non-hydrogen) atoms. The Morgan fingerprint density at radius 2 is 2.00 bits per heavy atom. The Morgan fingerprint density at radius 3 is 2.36 bits per heavy atom. The van der Waals surface area contributed by atoms with Crippen LogP contribution < -0.4 is 0 Å². The lowest BCUT2D eigenvalue weighted by Gasteiger charge is -2.23. The third kappa shape index (κ3) is 4.50. The first kappa shape index (κ1) is 13.3. The average Bonchev–Trinajstić information content (AvgIpc) is 2.11. The van der Waals surface area contributed by atoms with Gasteiger partial charge in [-0.25, -0.2) is 4.79 Å². The summed E-state index contributed by atoms with van der Waals surface area (Å²) in [6.07, 6.45) is 1.72. The molecule has 0 radical (unpaired) electrons. The van der Waals surface area contributed by atoms with E-state index in [2.05, 4.69) is 0 Å². The molecule has 84 valence electrons. The van der Waals surface area contributed by atoms with Gasteiger partial charge in [-0.2, -0.15) is 8.78 Å². The van der Waals surface area contributed by atoms with E-state index in [4.69, 9.17) is 5.11 Å². The maximum absolute atomic E-state index is 12.8. The number of carboxylic acids is 1. The normalized spacial score (nSPS) is 12.1. The second-order valence-electron chi connectivity index (χ2n) is 3.23. The molecule has 0 aliphatic carbocycles. The highest BCUT2D eigenvalue weighted by Gasteiger charge is 2.40. The first-order chi connectivity index (χ1) is 6.44. The minimum atomic E-state index is -3.64. The van der Waals surface area contributed by atoms with E-state index in [1.54, 1.807) is 6.92 Å². The van der Waals surface area contributed by atoms with E-state index in [1.807, 2.05) is 6.92 Å². The average molecular weight is 209 g/mol. The van der Waals surface area contributed by atoms with E-state index < -0.39 is 18.4 Å². The number of aliphatic carboxylic acids is 1. The summed E-state index contributed by atoms with van der Waals surface area (Å²) in [4.78, 5) is 11.6. The summed E-state index contributed by atoms with van der Waals surface area (Å²) in [5.41, 5.74) is 0. The maximum Gasteiger partial charge on any atom is 0.375 e. The number of nitrogens with zero attached hydrogens (tertiary/aromatic N) is 1. The third-order valence-electron chi connectivity index (χ3n) is 2.01. The van der Waals surface area contributed by atoms with Crippen LogP contribution in [0.1, 0.15) is 26.7 Å². The molecule has 0 saturated carbocycles. The molecule has 0 rings (SSSR count). The second-order valence-corrected chi connectivity index (χ2v) is 3.23. The smallest absolute Gasteiger partial charge is 0.375 e. The zero-order valence-corrected chi connectivity index (χ0v) is 8.59. The number of carbonyl (C=O) groups is 1. The summed E-state index contributed by atoms with van der Waals surface area (Å²) < 4.78 is 25.5. The summed E-state index contributed by atoms with van der Waals surface area (Å²) in [6.45, 7) is 3.98. The molecular formula is C9H17F2NO2. The molecule has 0 aromatic carbocycles. The molecule has 0 aromatic rings. The molecule has 0 unspecified atom stereocenters. The van der Waals surface area contributed by atoms with Crippen molar-refractivity contribution in [3.63, 3.8) is 0 Å². The van der Waals surface area contributed by atoms with Gasteiger partial charge in [-0.1, -0.05) is 20.3 Å². The predicted octanol–water partition coefficient (Wildman–Crippen LogP) is 1.83. The highest BCUT2D eigenvalue weighted by atomic mass is 19.3. The van der Waals surface area contributed by atoms with Crippen molar-refractivity contribution in [1.82, 2.24) is 4.90 Å². The minimum Gasteiger partial charge on any atom is -0.477 e. The van der Waals surface area contributed by atoms with Crippen molar-refractivity contribution in [2.75, 3.05) is 19.6 Å². The van der Waals surface area contributed by atoms with E-state index in [-0.39, 0.29) is 0 Å². The first-order valence-corrected chi connectivity index (χ1v) is 4.77. The largest absolute Gasteiger partial charge is 0.477 e. The molecule has 0 heterocycles. The van der Waals surface area contributed by atoms with Crippen molar-refractivity contribution in [3.8, 4) is 0 Å². The quantitative estimate of drug-likeness (QED) is 0.695. The molecule has 0 spiro atoms. The van der Waals surface area contributed by atoms with Crippen LogP contribution in [0.3, 0.4) is 0 Å². The van der Waals surface area contributed by atoms with Crippen molar-refractivity contribution in [1.29, 1.82) is 0 Å². The van der Waals surface area contributed by atoms with Gasteiger partial charge in [-0.3, -0.25) is 4.90 Å². The SMILES string of the molecule is CCCCN(CC)CC(F)(F)C(=O)O. The van der Waals surface area contributed by atoms with Gasteiger partial charge < -0.3 is 5.11 Å². The van der Waals surface area contributed by atoms with Crippen LogP contribution in [0.4, 0.5) is 8.78 Å². The zero-order valence-electron chi connectivity index (χ0n) is 8.59. The lowest BCUT2D eigenvalue weighted by Crippen LogP contribution is -2.42. The van der Waals surface area contributed by atoms with Crippen molar-refractivity contribution in [2.45, 2.75) is 32.6 Å². The molecule has 0 aliphatic rings. The fourth-order valence-electron chi connectivity index (χ4n) is 1.08. The van der Waals surface area contributed by atoms with Crippen LogP contribution in [-0.2, 0) is 4.79 Å². The van der Waals surface area contributed by atoms with Crippen LogP contribution in [0.2, 0.25) is 0 Å². The number of alkyl halides is 2. The first-order valence-electron chi connectivity index (χ1n) is 4.77. The van der Waals surface area contributed by atoms with Crippen LogP contribution in [0.25, 0.3) is 0 Å². The Kier molecular flexibility index (Phi) is 5.60. The number of hydrogen-bond acceptors (Lipinski definition) is 2. The van der Waals surface area contributed by atoms with Gasteiger partial charge in [0.25, 0.3) is 0 Å². The van der Waals surface area contributed by atoms with Crippen molar-refractivity contribution in [2.24, 2.45) is 0 Å². The number of halogens is 2. The summed E-state index contributed by atoms with van der Waals surface area (Å²) in [7, 11) is 0. The van der Waals surface area contributed by atoms with Crippen LogP contribution in [0.15, 0.2) is 0 Å². The molecule has 5 heteroatoms. The van der Waals surface area contributed by atoms with Crippen LogP contribution >= 0.6 is 0 Å². The Hall–Kier alpha value is -0.710. The van der Waals surface area contributed by atoms with Crippen LogP contribution in [-0.4, -0.2) is 41.5 Å². The van der Waals surface area contributed by atoms with Gasteiger partial charge in [0.05, 0.1) is 6.54 Å². The van der Waals surface area contributed by atoms with Crippen molar-refractivity contribution >= 4 is 5.97 Å². The number of unbranched alkanes of at least 4 members (excludes halogenated alkanes) is 1. The van der Waals surface area contributed by atoms with Gasteiger partial charge in [0.1, 0.15) is 0 Å². The van der Waals surface area contributed by atoms with Gasteiger partial charge in [-0.15, -0.1) is 0 Å². The molecule has 0 amide bonds. The van der Waals surface area contributed by atoms with Gasteiger partial charge in [-0.05, 0) is 19.5 Å². The molecule has 0 atom stereocenters. The summed E-state index contributed by atoms with van der Waals surface area (Å²) in [6, 6.07) is 0. The highest BCUT2D eigenvalue weighted by Crippen LogP contribution is 2.15. The van der Waals surface area contributed by atoms with Crippen LogP contribution in [0.5, 0.6) is 0 Å². The predicted molar refractivity (Wildman–Crippen MR) is 49.6 cm³/mol. The molecule has 0 aromatic heterocycles. The molecule has 3 nitrogen and oxygen atoms in total. The van der Waals surface area contributed by atoms with Gasteiger partial charge in [0, 0.05) is 0 Å². The highest BCUT2D eigenvalue weighted by molar-refractivity contribution is 5.75. The fourth-order valence-corrected chi connectivity index (χ4v) is 1.08. The van der Waals surface area contributed by atoms with E-state index in [1.165, 1.54) is 4.90 Å². The zero-order chi connectivity index (χ0) is 11.2. The standard InChI is InChI=1S/C9H17F2NO2/c1-3-5-6-12(4-2)7-9(10,11)8(13)14/h3-7H2,1-2H3,(H,13,14). The van der Waals surface area contributed by atoms with Crippen LogP contribution in [0, 0.1) is 0 Å². The topological polar surface area (TPSA) is 40.5 Å². The summed E-state index contributed by atoms with van der Waals surface area (Å²) in [5, 5.41) is 8.23. The lowest BCUT2D eigenvalue weighted by molar-refractivity contribution is -0.167. The monoisotopic (exact) mass is 209 g/mol.